The molecular formula is C32H28F3N3O5. The van der Waals surface area contributed by atoms with Crippen molar-refractivity contribution in [2.24, 2.45) is 0 Å². The Labute approximate surface area is 245 Å². The standard InChI is InChI=1S/C32H28F3N3O5/c33-32(34,35)30(21-5-2-1-3-6-21)43-31(39)37-22-11-9-20(10-12-22)29-26(18-36)25-14-13-24(42-19-28-40-15-16-41-28)17-27(25)38(29)23-7-4-8-23/h1-3,5-6,9-14,17,23,28,30H,4,7-8,15-16,19H2,(H,37,39)/t30-/m0/s1. The fourth-order valence-electron chi connectivity index (χ4n) is 5.39. The SMILES string of the molecule is N#Cc1c(-c2ccc(NC(=O)O[C@@H](c3ccccc3)C(F)(F)F)cc2)n(C2CCC2)c2cc(OCC3OCCO3)ccc12. The molecule has 0 unspecified atom stereocenters. The average molecular weight is 592 g/mol. The van der Waals surface area contributed by atoms with E-state index in [0.29, 0.717) is 24.5 Å². The molecule has 222 valence electrons. The third kappa shape index (κ3) is 6.02. The highest BCUT2D eigenvalue weighted by atomic mass is 19.4. The zero-order valence-corrected chi connectivity index (χ0v) is 23.0. The molecule has 1 aliphatic carbocycles. The quantitative estimate of drug-likeness (QED) is 0.228. The molecule has 1 atom stereocenters. The van der Waals surface area contributed by atoms with Crippen molar-refractivity contribution in [2.75, 3.05) is 25.1 Å². The minimum atomic E-state index is -4.78. The Morgan fingerprint density at radius 3 is 2.40 bits per heavy atom. The lowest BCUT2D eigenvalue weighted by Gasteiger charge is -2.30. The minimum absolute atomic E-state index is 0.179. The maximum atomic E-state index is 13.6. The van der Waals surface area contributed by atoms with Gasteiger partial charge in [0.1, 0.15) is 18.4 Å². The molecule has 2 aliphatic rings. The molecule has 2 heterocycles. The van der Waals surface area contributed by atoms with Gasteiger partial charge >= 0.3 is 12.3 Å². The molecule has 4 aromatic rings. The van der Waals surface area contributed by atoms with Gasteiger partial charge in [0.25, 0.3) is 0 Å². The Balaban J connectivity index is 1.25. The van der Waals surface area contributed by atoms with E-state index >= 15 is 0 Å². The summed E-state index contributed by atoms with van der Waals surface area (Å²) in [5.41, 5.74) is 2.91. The monoisotopic (exact) mass is 591 g/mol. The summed E-state index contributed by atoms with van der Waals surface area (Å²) in [6.07, 6.45) is -5.84. The molecule has 0 spiro atoms. The van der Waals surface area contributed by atoms with Crippen LogP contribution >= 0.6 is 0 Å². The lowest BCUT2D eigenvalue weighted by Crippen LogP contribution is -2.28. The van der Waals surface area contributed by atoms with Crippen LogP contribution in [0.4, 0.5) is 23.7 Å². The van der Waals surface area contributed by atoms with Crippen LogP contribution in [0.5, 0.6) is 5.75 Å². The Morgan fingerprint density at radius 2 is 1.77 bits per heavy atom. The summed E-state index contributed by atoms with van der Waals surface area (Å²) in [6.45, 7) is 1.31. The number of hydrogen-bond donors (Lipinski definition) is 1. The van der Waals surface area contributed by atoms with Gasteiger partial charge in [-0.3, -0.25) is 5.32 Å². The molecule has 2 fully saturated rings. The summed E-state index contributed by atoms with van der Waals surface area (Å²) >= 11 is 0. The minimum Gasteiger partial charge on any atom is -0.488 e. The summed E-state index contributed by atoms with van der Waals surface area (Å²) in [6, 6.07) is 21.7. The molecular weight excluding hydrogens is 563 g/mol. The predicted molar refractivity (Wildman–Crippen MR) is 152 cm³/mol. The maximum Gasteiger partial charge on any atom is 0.429 e. The average Bonchev–Trinajstić information content (AvgIpc) is 3.60. The van der Waals surface area contributed by atoms with E-state index in [2.05, 4.69) is 16.0 Å². The van der Waals surface area contributed by atoms with E-state index in [1.807, 2.05) is 18.2 Å². The first-order valence-corrected chi connectivity index (χ1v) is 14.0. The molecule has 1 N–H and O–H groups in total. The van der Waals surface area contributed by atoms with Gasteiger partial charge in [0.05, 0.1) is 30.0 Å². The fourth-order valence-corrected chi connectivity index (χ4v) is 5.39. The van der Waals surface area contributed by atoms with Crippen molar-refractivity contribution in [3.63, 3.8) is 0 Å². The number of rotatable bonds is 8. The van der Waals surface area contributed by atoms with Crippen LogP contribution in [0.3, 0.4) is 0 Å². The zero-order valence-electron chi connectivity index (χ0n) is 23.0. The van der Waals surface area contributed by atoms with Crippen molar-refractivity contribution in [3.8, 4) is 23.1 Å². The van der Waals surface area contributed by atoms with Crippen molar-refractivity contribution < 1.29 is 36.9 Å². The number of aromatic nitrogens is 1. The lowest BCUT2D eigenvalue weighted by molar-refractivity contribution is -0.205. The van der Waals surface area contributed by atoms with Crippen LogP contribution in [0.15, 0.2) is 72.8 Å². The van der Waals surface area contributed by atoms with Crippen molar-refractivity contribution in [1.82, 2.24) is 4.57 Å². The van der Waals surface area contributed by atoms with Crippen molar-refractivity contribution in [2.45, 2.75) is 43.9 Å². The topological polar surface area (TPSA) is 94.7 Å². The number of ether oxygens (including phenoxy) is 4. The Kier molecular flexibility index (Phi) is 7.97. The largest absolute Gasteiger partial charge is 0.488 e. The number of fused-ring (bicyclic) bond motifs is 1. The van der Waals surface area contributed by atoms with E-state index in [4.69, 9.17) is 18.9 Å². The molecule has 3 aromatic carbocycles. The molecule has 1 aliphatic heterocycles. The van der Waals surface area contributed by atoms with E-state index < -0.39 is 24.7 Å². The van der Waals surface area contributed by atoms with Crippen LogP contribution in [0.2, 0.25) is 0 Å². The van der Waals surface area contributed by atoms with Gasteiger partial charge < -0.3 is 23.5 Å². The fraction of sp³-hybridized carbons (Fsp3) is 0.312. The highest BCUT2D eigenvalue weighted by Gasteiger charge is 2.44. The second kappa shape index (κ2) is 12.0. The molecule has 0 radical (unpaired) electrons. The van der Waals surface area contributed by atoms with Gasteiger partial charge in [-0.1, -0.05) is 42.5 Å². The van der Waals surface area contributed by atoms with Crippen LogP contribution in [-0.2, 0) is 14.2 Å². The van der Waals surface area contributed by atoms with E-state index in [-0.39, 0.29) is 23.9 Å². The Hall–Kier alpha value is -4.53. The summed E-state index contributed by atoms with van der Waals surface area (Å²) in [5, 5.41) is 13.4. The number of amides is 1. The van der Waals surface area contributed by atoms with E-state index in [0.717, 1.165) is 41.4 Å². The number of halogens is 3. The van der Waals surface area contributed by atoms with Gasteiger partial charge in [0.15, 0.2) is 6.29 Å². The first-order chi connectivity index (χ1) is 20.8. The van der Waals surface area contributed by atoms with Gasteiger partial charge in [0.2, 0.25) is 6.10 Å². The van der Waals surface area contributed by atoms with E-state index in [1.165, 1.54) is 24.3 Å². The van der Waals surface area contributed by atoms with Gasteiger partial charge in [-0.2, -0.15) is 18.4 Å². The summed E-state index contributed by atoms with van der Waals surface area (Å²) < 4.78 is 64.7. The van der Waals surface area contributed by atoms with Crippen molar-refractivity contribution in [3.05, 3.63) is 83.9 Å². The first-order valence-electron chi connectivity index (χ1n) is 14.0. The highest BCUT2D eigenvalue weighted by Crippen LogP contribution is 2.43. The maximum absolute atomic E-state index is 13.6. The smallest absolute Gasteiger partial charge is 0.429 e. The molecule has 1 saturated heterocycles. The second-order valence-electron chi connectivity index (χ2n) is 10.4. The van der Waals surface area contributed by atoms with Gasteiger partial charge in [0, 0.05) is 28.7 Å². The first kappa shape index (κ1) is 28.6. The molecule has 8 nitrogen and oxygen atoms in total. The van der Waals surface area contributed by atoms with Crippen LogP contribution in [0.25, 0.3) is 22.2 Å². The summed E-state index contributed by atoms with van der Waals surface area (Å²) in [4.78, 5) is 12.5. The third-order valence-corrected chi connectivity index (χ3v) is 7.63. The molecule has 1 aromatic heterocycles. The number of anilines is 1. The van der Waals surface area contributed by atoms with E-state index in [9.17, 15) is 23.2 Å². The van der Waals surface area contributed by atoms with E-state index in [1.54, 1.807) is 30.3 Å². The van der Waals surface area contributed by atoms with Gasteiger partial charge in [-0.25, -0.2) is 4.79 Å². The number of alkyl halides is 3. The third-order valence-electron chi connectivity index (χ3n) is 7.63. The molecule has 11 heteroatoms. The summed E-state index contributed by atoms with van der Waals surface area (Å²) in [7, 11) is 0. The molecule has 43 heavy (non-hydrogen) atoms. The molecule has 1 saturated carbocycles. The Bertz CT molecular complexity index is 1640. The number of nitrogens with one attached hydrogen (secondary N) is 1. The summed E-state index contributed by atoms with van der Waals surface area (Å²) in [5.74, 6) is 0.631. The molecule has 6 rings (SSSR count). The van der Waals surface area contributed by atoms with Crippen molar-refractivity contribution in [1.29, 1.82) is 5.26 Å². The van der Waals surface area contributed by atoms with Crippen molar-refractivity contribution >= 4 is 22.7 Å². The van der Waals surface area contributed by atoms with Crippen LogP contribution in [0.1, 0.15) is 42.5 Å². The zero-order chi connectivity index (χ0) is 30.0. The normalized spacial score (nSPS) is 16.4. The second-order valence-corrected chi connectivity index (χ2v) is 10.4. The van der Waals surface area contributed by atoms with Crippen LogP contribution < -0.4 is 10.1 Å². The Morgan fingerprint density at radius 1 is 1.05 bits per heavy atom. The lowest BCUT2D eigenvalue weighted by atomic mass is 9.92. The van der Waals surface area contributed by atoms with Gasteiger partial charge in [-0.15, -0.1) is 0 Å². The number of carbonyl (C=O) groups is 1. The highest BCUT2D eigenvalue weighted by molar-refractivity contribution is 5.96. The number of nitrogens with zero attached hydrogens (tertiary/aromatic N) is 2. The van der Waals surface area contributed by atoms with Gasteiger partial charge in [-0.05, 0) is 49.1 Å². The number of carbonyl (C=O) groups excluding carboxylic acids is 1. The molecule has 0 bridgehead atoms. The molecule has 1 amide bonds. The van der Waals surface area contributed by atoms with Crippen LogP contribution in [-0.4, -0.2) is 42.9 Å². The number of nitriles is 1. The number of hydrogen-bond acceptors (Lipinski definition) is 6. The predicted octanol–water partition coefficient (Wildman–Crippen LogP) is 7.51. The van der Waals surface area contributed by atoms with Crippen LogP contribution in [0, 0.1) is 11.3 Å². The number of benzene rings is 3.